The summed E-state index contributed by atoms with van der Waals surface area (Å²) in [4.78, 5) is 26.8. The summed E-state index contributed by atoms with van der Waals surface area (Å²) in [6, 6.07) is 9.02. The van der Waals surface area contributed by atoms with Crippen LogP contribution in [0.3, 0.4) is 0 Å². The first-order valence-electron chi connectivity index (χ1n) is 11.6. The Bertz CT molecular complexity index is 1040. The van der Waals surface area contributed by atoms with Gasteiger partial charge in [-0.15, -0.1) is 0 Å². The smallest absolute Gasteiger partial charge is 0.227 e. The third-order valence-electron chi connectivity index (χ3n) is 6.97. The first-order chi connectivity index (χ1) is 15.0. The number of fused-ring (bicyclic) bond motifs is 2. The van der Waals surface area contributed by atoms with Crippen LogP contribution in [-0.2, 0) is 24.3 Å². The van der Waals surface area contributed by atoms with Crippen molar-refractivity contribution in [2.45, 2.75) is 59.2 Å². The van der Waals surface area contributed by atoms with Crippen molar-refractivity contribution in [1.82, 2.24) is 14.8 Å². The number of rotatable bonds is 5. The van der Waals surface area contributed by atoms with Crippen LogP contribution in [0.4, 0.5) is 0 Å². The number of hydrogen-bond acceptors (Lipinski definition) is 4. The van der Waals surface area contributed by atoms with Crippen LogP contribution >= 0.6 is 0 Å². The average Bonchev–Trinajstić information content (AvgIpc) is 3.37. The van der Waals surface area contributed by atoms with Gasteiger partial charge in [-0.05, 0) is 67.1 Å². The van der Waals surface area contributed by atoms with Crippen molar-refractivity contribution in [3.05, 3.63) is 64.0 Å². The number of carbonyl (C=O) groups excluding carboxylic acids is 1. The molecule has 0 N–H and O–H groups in total. The molecule has 4 heterocycles. The number of carbonyl (C=O) groups is 1. The van der Waals surface area contributed by atoms with Crippen LogP contribution in [-0.4, -0.2) is 52.1 Å². The Morgan fingerprint density at radius 2 is 2.03 bits per heavy atom. The summed E-state index contributed by atoms with van der Waals surface area (Å²) in [6.45, 7) is 11.3. The normalized spacial score (nSPS) is 20.9. The summed E-state index contributed by atoms with van der Waals surface area (Å²) in [5.41, 5.74) is 8.15. The molecule has 1 atom stereocenters. The molecular formula is C26H32N4O. The lowest BCUT2D eigenvalue weighted by molar-refractivity contribution is -0.134. The number of nitrogens with zero attached hydrogens (tertiary/aromatic N) is 4. The Labute approximate surface area is 185 Å². The second-order valence-electron chi connectivity index (χ2n) is 9.75. The van der Waals surface area contributed by atoms with E-state index in [1.54, 1.807) is 0 Å². The number of pyridine rings is 1. The monoisotopic (exact) mass is 416 g/mol. The molecule has 5 rings (SSSR count). The van der Waals surface area contributed by atoms with Gasteiger partial charge in [-0.1, -0.05) is 19.9 Å². The molecule has 1 fully saturated rings. The minimum atomic E-state index is 0.284. The summed E-state index contributed by atoms with van der Waals surface area (Å²) < 4.78 is 0. The molecule has 0 unspecified atom stereocenters. The van der Waals surface area contributed by atoms with E-state index in [-0.39, 0.29) is 5.91 Å². The highest BCUT2D eigenvalue weighted by molar-refractivity contribution is 6.15. The minimum Gasteiger partial charge on any atom is -0.334 e. The Hall–Kier alpha value is -2.53. The van der Waals surface area contributed by atoms with E-state index in [0.717, 1.165) is 55.5 Å². The minimum absolute atomic E-state index is 0.284. The Kier molecular flexibility index (Phi) is 5.39. The Morgan fingerprint density at radius 3 is 2.84 bits per heavy atom. The molecule has 0 bridgehead atoms. The lowest BCUT2D eigenvalue weighted by Gasteiger charge is -2.34. The molecule has 1 amide bonds. The van der Waals surface area contributed by atoms with Gasteiger partial charge in [0.1, 0.15) is 0 Å². The van der Waals surface area contributed by atoms with Crippen LogP contribution < -0.4 is 0 Å². The molecule has 0 radical (unpaired) electrons. The fraction of sp³-hybridized carbons (Fsp3) is 0.500. The van der Waals surface area contributed by atoms with Crippen molar-refractivity contribution in [2.75, 3.05) is 19.6 Å². The van der Waals surface area contributed by atoms with E-state index in [2.05, 4.69) is 46.8 Å². The molecule has 162 valence electrons. The van der Waals surface area contributed by atoms with Gasteiger partial charge >= 0.3 is 0 Å². The topological polar surface area (TPSA) is 48.8 Å². The molecule has 0 aliphatic carbocycles. The fourth-order valence-corrected chi connectivity index (χ4v) is 5.17. The van der Waals surface area contributed by atoms with Gasteiger partial charge in [0.15, 0.2) is 0 Å². The summed E-state index contributed by atoms with van der Waals surface area (Å²) in [7, 11) is 0. The fourth-order valence-electron chi connectivity index (χ4n) is 5.17. The van der Waals surface area contributed by atoms with Gasteiger partial charge in [-0.3, -0.25) is 14.8 Å². The highest BCUT2D eigenvalue weighted by Crippen LogP contribution is 2.32. The first kappa shape index (κ1) is 20.4. The quantitative estimate of drug-likeness (QED) is 0.746. The van der Waals surface area contributed by atoms with E-state index >= 15 is 0 Å². The van der Waals surface area contributed by atoms with E-state index in [0.29, 0.717) is 19.0 Å². The zero-order valence-electron chi connectivity index (χ0n) is 18.9. The second kappa shape index (κ2) is 8.19. The largest absolute Gasteiger partial charge is 0.334 e. The van der Waals surface area contributed by atoms with Gasteiger partial charge in [-0.25, -0.2) is 0 Å². The number of aromatic nitrogens is 1. The van der Waals surface area contributed by atoms with Gasteiger partial charge < -0.3 is 9.80 Å². The molecule has 1 saturated heterocycles. The Morgan fingerprint density at radius 1 is 1.16 bits per heavy atom. The summed E-state index contributed by atoms with van der Waals surface area (Å²) in [6.07, 6.45) is 4.70. The maximum absolute atomic E-state index is 13.0. The van der Waals surface area contributed by atoms with Crippen LogP contribution in [0, 0.1) is 12.8 Å². The highest BCUT2D eigenvalue weighted by atomic mass is 16.2. The van der Waals surface area contributed by atoms with Crippen LogP contribution in [0.5, 0.6) is 0 Å². The van der Waals surface area contributed by atoms with E-state index < -0.39 is 0 Å². The van der Waals surface area contributed by atoms with E-state index in [1.165, 1.54) is 28.7 Å². The Balaban J connectivity index is 1.36. The predicted molar refractivity (Wildman–Crippen MR) is 123 cm³/mol. The van der Waals surface area contributed by atoms with Gasteiger partial charge in [0.2, 0.25) is 5.91 Å². The van der Waals surface area contributed by atoms with Gasteiger partial charge in [0.05, 0.1) is 18.7 Å². The molecule has 31 heavy (non-hydrogen) atoms. The van der Waals surface area contributed by atoms with Crippen LogP contribution in [0.25, 0.3) is 0 Å². The SMILES string of the molecule is Cc1cc(C2=NCc3cc4c(cc32)CN([C@@H]2CCN(CCC(C)C)C2)C(=O)C4)ccn1. The molecule has 5 heteroatoms. The van der Waals surface area contributed by atoms with E-state index in [4.69, 9.17) is 4.99 Å². The lowest BCUT2D eigenvalue weighted by atomic mass is 9.90. The highest BCUT2D eigenvalue weighted by Gasteiger charge is 2.34. The van der Waals surface area contributed by atoms with Gasteiger partial charge in [0.25, 0.3) is 0 Å². The third-order valence-corrected chi connectivity index (χ3v) is 6.97. The molecule has 0 saturated carbocycles. The summed E-state index contributed by atoms with van der Waals surface area (Å²) in [5.74, 6) is 1.01. The zero-order chi connectivity index (χ0) is 21.5. The first-order valence-corrected chi connectivity index (χ1v) is 11.6. The van der Waals surface area contributed by atoms with Crippen molar-refractivity contribution < 1.29 is 4.79 Å². The number of aryl methyl sites for hydroxylation is 1. The van der Waals surface area contributed by atoms with Gasteiger partial charge in [0, 0.05) is 48.7 Å². The van der Waals surface area contributed by atoms with Crippen molar-refractivity contribution in [1.29, 1.82) is 0 Å². The van der Waals surface area contributed by atoms with E-state index in [1.807, 2.05) is 19.2 Å². The lowest BCUT2D eigenvalue weighted by Crippen LogP contribution is -2.45. The molecule has 5 nitrogen and oxygen atoms in total. The standard InChI is InChI=1S/C26H32N4O/c1-17(2)5-8-29-9-6-23(16-29)30-15-22-12-24-21(11-20(22)13-25(30)31)14-28-26(24)19-4-7-27-18(3)10-19/h4,7,10-12,17,23H,5-6,8-9,13-16H2,1-3H3/t23-/m1/s1. The average molecular weight is 417 g/mol. The molecule has 0 spiro atoms. The van der Waals surface area contributed by atoms with Crippen molar-refractivity contribution in [3.63, 3.8) is 0 Å². The van der Waals surface area contributed by atoms with Crippen LogP contribution in [0.1, 0.15) is 60.2 Å². The predicted octanol–water partition coefficient (Wildman–Crippen LogP) is 3.75. The number of likely N-dealkylation sites (tertiary alicyclic amines) is 1. The number of hydrogen-bond donors (Lipinski definition) is 0. The van der Waals surface area contributed by atoms with Crippen molar-refractivity contribution >= 4 is 11.6 Å². The van der Waals surface area contributed by atoms with Crippen LogP contribution in [0.2, 0.25) is 0 Å². The summed E-state index contributed by atoms with van der Waals surface area (Å²) in [5, 5.41) is 0. The zero-order valence-corrected chi connectivity index (χ0v) is 18.9. The second-order valence-corrected chi connectivity index (χ2v) is 9.75. The summed E-state index contributed by atoms with van der Waals surface area (Å²) >= 11 is 0. The third kappa shape index (κ3) is 4.03. The molecule has 3 aliphatic heterocycles. The maximum atomic E-state index is 13.0. The molecule has 1 aromatic heterocycles. The molecule has 1 aromatic carbocycles. The van der Waals surface area contributed by atoms with Crippen LogP contribution in [0.15, 0.2) is 35.5 Å². The van der Waals surface area contributed by atoms with Gasteiger partial charge in [-0.2, -0.15) is 0 Å². The molecular weight excluding hydrogens is 384 g/mol. The maximum Gasteiger partial charge on any atom is 0.227 e. The number of benzene rings is 1. The van der Waals surface area contributed by atoms with E-state index in [9.17, 15) is 4.79 Å². The molecule has 3 aliphatic rings. The number of aliphatic imine (C=N–C) groups is 1. The number of amides is 1. The molecule has 2 aromatic rings. The van der Waals surface area contributed by atoms with Crippen molar-refractivity contribution in [3.8, 4) is 0 Å². The van der Waals surface area contributed by atoms with Crippen molar-refractivity contribution in [2.24, 2.45) is 10.9 Å².